The predicted molar refractivity (Wildman–Crippen MR) is 43.9 cm³/mol. The molecule has 4 atom stereocenters. The summed E-state index contributed by atoms with van der Waals surface area (Å²) in [4.78, 5) is 12.1. The van der Waals surface area contributed by atoms with E-state index >= 15 is 0 Å². The fourth-order valence-electron chi connectivity index (χ4n) is 0.763. The number of nitrogens with zero attached hydrogens (tertiary/aromatic N) is 3. The highest BCUT2D eigenvalue weighted by Gasteiger charge is 2.29. The molecule has 0 radical (unpaired) electrons. The molecule has 0 aromatic heterocycles. The first-order chi connectivity index (χ1) is 6.54. The summed E-state index contributed by atoms with van der Waals surface area (Å²) in [5.41, 5.74) is 7.90. The average molecular weight is 205 g/mol. The number of aldehydes is 1. The number of hydrogen-bond donors (Lipinski definition) is 4. The zero-order chi connectivity index (χ0) is 11.1. The molecule has 0 bridgehead atoms. The van der Waals surface area contributed by atoms with Crippen molar-refractivity contribution in [3.8, 4) is 0 Å². The quantitative estimate of drug-likeness (QED) is 0.176. The highest BCUT2D eigenvalue weighted by atomic mass is 16.4. The van der Waals surface area contributed by atoms with E-state index in [0.29, 0.717) is 6.29 Å². The van der Waals surface area contributed by atoms with E-state index in [9.17, 15) is 4.79 Å². The van der Waals surface area contributed by atoms with Crippen molar-refractivity contribution in [3.05, 3.63) is 10.4 Å². The van der Waals surface area contributed by atoms with Crippen LogP contribution < -0.4 is 0 Å². The largest absolute Gasteiger partial charge is 0.390 e. The number of carbonyl (C=O) groups is 1. The summed E-state index contributed by atoms with van der Waals surface area (Å²) in [6.45, 7) is 0. The van der Waals surface area contributed by atoms with Crippen LogP contribution in [0.3, 0.4) is 0 Å². The molecule has 0 saturated carbocycles. The normalized spacial score (nSPS) is 18.9. The van der Waals surface area contributed by atoms with Crippen molar-refractivity contribution >= 4 is 6.29 Å². The van der Waals surface area contributed by atoms with Gasteiger partial charge in [-0.1, -0.05) is 5.11 Å². The second kappa shape index (κ2) is 6.30. The Kier molecular flexibility index (Phi) is 5.77. The highest BCUT2D eigenvalue weighted by Crippen LogP contribution is 2.07. The lowest BCUT2D eigenvalue weighted by atomic mass is 10.1. The Bertz CT molecular complexity index is 230. The molecule has 0 aliphatic carbocycles. The summed E-state index contributed by atoms with van der Waals surface area (Å²) in [5, 5.41) is 38.8. The number of azide groups is 1. The molecule has 14 heavy (non-hydrogen) atoms. The van der Waals surface area contributed by atoms with Gasteiger partial charge in [-0.05, 0) is 5.53 Å². The minimum absolute atomic E-state index is 0.348. The van der Waals surface area contributed by atoms with E-state index < -0.39 is 24.5 Å². The van der Waals surface area contributed by atoms with Gasteiger partial charge in [-0.15, -0.1) is 0 Å². The molecule has 0 fully saturated rings. The van der Waals surface area contributed by atoms with E-state index in [1.807, 2.05) is 0 Å². The summed E-state index contributed by atoms with van der Waals surface area (Å²) in [7, 11) is 0. The molecule has 0 rings (SSSR count). The number of aliphatic hydroxyl groups is 4. The molecule has 80 valence electrons. The third-order valence-electron chi connectivity index (χ3n) is 1.56. The van der Waals surface area contributed by atoms with Crippen molar-refractivity contribution < 1.29 is 25.2 Å². The first-order valence-corrected chi connectivity index (χ1v) is 3.74. The van der Waals surface area contributed by atoms with Crippen LogP contribution in [-0.2, 0) is 4.79 Å². The van der Waals surface area contributed by atoms with Gasteiger partial charge in [0.1, 0.15) is 18.5 Å². The van der Waals surface area contributed by atoms with E-state index in [0.717, 1.165) is 0 Å². The standard InChI is InChI=1S/C6H11N3O5/c7-9-8-6(14)5(13)4(12)3(11)1-2-10/h2-6,11-14H,1H2/t3-,4+,5+,6?/m1/s1. The lowest BCUT2D eigenvalue weighted by molar-refractivity contribution is -0.120. The summed E-state index contributed by atoms with van der Waals surface area (Å²) in [6, 6.07) is 0. The molecule has 0 amide bonds. The predicted octanol–water partition coefficient (Wildman–Crippen LogP) is -1.71. The maximum absolute atomic E-state index is 9.94. The van der Waals surface area contributed by atoms with Crippen LogP contribution >= 0.6 is 0 Å². The lowest BCUT2D eigenvalue weighted by Gasteiger charge is -2.22. The van der Waals surface area contributed by atoms with Crippen LogP contribution in [0.15, 0.2) is 5.11 Å². The van der Waals surface area contributed by atoms with E-state index in [2.05, 4.69) is 10.0 Å². The van der Waals surface area contributed by atoms with E-state index in [1.54, 1.807) is 0 Å². The number of hydrogen-bond acceptors (Lipinski definition) is 6. The molecule has 0 spiro atoms. The maximum atomic E-state index is 9.94. The highest BCUT2D eigenvalue weighted by molar-refractivity contribution is 5.50. The van der Waals surface area contributed by atoms with Crippen LogP contribution in [0.2, 0.25) is 0 Å². The second-order valence-corrected chi connectivity index (χ2v) is 2.57. The molecule has 8 heteroatoms. The van der Waals surface area contributed by atoms with Crippen LogP contribution in [0, 0.1) is 0 Å². The van der Waals surface area contributed by atoms with Gasteiger partial charge in [-0.25, -0.2) is 0 Å². The summed E-state index contributed by atoms with van der Waals surface area (Å²) in [5.74, 6) is 0. The first kappa shape index (κ1) is 12.8. The van der Waals surface area contributed by atoms with Crippen molar-refractivity contribution in [2.45, 2.75) is 31.0 Å². The Balaban J connectivity index is 4.28. The fraction of sp³-hybridized carbons (Fsp3) is 0.833. The molecule has 0 aromatic carbocycles. The fourth-order valence-corrected chi connectivity index (χ4v) is 0.763. The molecule has 0 aliphatic heterocycles. The number of aliphatic hydroxyl groups excluding tert-OH is 4. The lowest BCUT2D eigenvalue weighted by Crippen LogP contribution is -2.43. The summed E-state index contributed by atoms with van der Waals surface area (Å²) < 4.78 is 0. The van der Waals surface area contributed by atoms with Crippen LogP contribution in [0.4, 0.5) is 0 Å². The Hall–Kier alpha value is -1.18. The Morgan fingerprint density at radius 2 is 1.86 bits per heavy atom. The van der Waals surface area contributed by atoms with E-state index in [-0.39, 0.29) is 6.42 Å². The number of rotatable bonds is 6. The van der Waals surface area contributed by atoms with Crippen LogP contribution in [0.25, 0.3) is 10.4 Å². The molecule has 0 aromatic rings. The molecular formula is C6H11N3O5. The van der Waals surface area contributed by atoms with Gasteiger partial charge >= 0.3 is 0 Å². The summed E-state index contributed by atoms with van der Waals surface area (Å²) in [6.07, 6.45) is -6.99. The van der Waals surface area contributed by atoms with E-state index in [1.165, 1.54) is 0 Å². The van der Waals surface area contributed by atoms with E-state index in [4.69, 9.17) is 26.0 Å². The van der Waals surface area contributed by atoms with Gasteiger partial charge in [0.05, 0.1) is 6.10 Å². The van der Waals surface area contributed by atoms with Gasteiger partial charge in [0, 0.05) is 11.3 Å². The minimum Gasteiger partial charge on any atom is -0.390 e. The van der Waals surface area contributed by atoms with Gasteiger partial charge < -0.3 is 25.2 Å². The number of carbonyl (C=O) groups excluding carboxylic acids is 1. The van der Waals surface area contributed by atoms with Crippen molar-refractivity contribution in [2.24, 2.45) is 5.11 Å². The SMILES string of the molecule is [N-]=[N+]=NC(O)[C@@H](O)[C@@H](O)[C@H](O)CC=O. The maximum Gasteiger partial charge on any atom is 0.161 e. The van der Waals surface area contributed by atoms with Crippen molar-refractivity contribution in [1.82, 2.24) is 0 Å². The molecular weight excluding hydrogens is 194 g/mol. The third-order valence-corrected chi connectivity index (χ3v) is 1.56. The van der Waals surface area contributed by atoms with Crippen LogP contribution in [0.1, 0.15) is 6.42 Å². The zero-order valence-electron chi connectivity index (χ0n) is 7.13. The Morgan fingerprint density at radius 1 is 1.29 bits per heavy atom. The van der Waals surface area contributed by atoms with Crippen molar-refractivity contribution in [2.75, 3.05) is 0 Å². The Morgan fingerprint density at radius 3 is 2.29 bits per heavy atom. The topological polar surface area (TPSA) is 147 Å². The van der Waals surface area contributed by atoms with Crippen molar-refractivity contribution in [1.29, 1.82) is 0 Å². The molecule has 4 N–H and O–H groups in total. The van der Waals surface area contributed by atoms with Gasteiger partial charge in [0.15, 0.2) is 6.23 Å². The van der Waals surface area contributed by atoms with Gasteiger partial charge in [-0.3, -0.25) is 0 Å². The second-order valence-electron chi connectivity index (χ2n) is 2.57. The first-order valence-electron chi connectivity index (χ1n) is 3.74. The summed E-state index contributed by atoms with van der Waals surface area (Å²) >= 11 is 0. The molecule has 0 saturated heterocycles. The zero-order valence-corrected chi connectivity index (χ0v) is 7.13. The molecule has 0 heterocycles. The average Bonchev–Trinajstić information content (AvgIpc) is 2.16. The molecule has 0 aliphatic rings. The third kappa shape index (κ3) is 3.69. The Labute approximate surface area is 79.0 Å². The monoisotopic (exact) mass is 205 g/mol. The van der Waals surface area contributed by atoms with Crippen LogP contribution in [0.5, 0.6) is 0 Å². The van der Waals surface area contributed by atoms with Gasteiger partial charge in [0.25, 0.3) is 0 Å². The molecule has 1 unspecified atom stereocenters. The minimum atomic E-state index is -1.86. The van der Waals surface area contributed by atoms with Crippen LogP contribution in [-0.4, -0.2) is 51.3 Å². The van der Waals surface area contributed by atoms with Gasteiger partial charge in [0.2, 0.25) is 0 Å². The van der Waals surface area contributed by atoms with Crippen molar-refractivity contribution in [3.63, 3.8) is 0 Å². The molecule has 8 nitrogen and oxygen atoms in total. The van der Waals surface area contributed by atoms with Gasteiger partial charge in [-0.2, -0.15) is 0 Å². The smallest absolute Gasteiger partial charge is 0.161 e.